The van der Waals surface area contributed by atoms with Gasteiger partial charge in [0.05, 0.1) is 12.7 Å². The van der Waals surface area contributed by atoms with Gasteiger partial charge >= 0.3 is 0 Å². The second kappa shape index (κ2) is 11.2. The van der Waals surface area contributed by atoms with Gasteiger partial charge in [0.1, 0.15) is 11.4 Å². The van der Waals surface area contributed by atoms with Gasteiger partial charge in [-0.15, -0.1) is 24.0 Å². The Hall–Kier alpha value is -1.72. The van der Waals surface area contributed by atoms with Gasteiger partial charge in [-0.1, -0.05) is 12.1 Å². The topological polar surface area (TPSA) is 83.7 Å². The van der Waals surface area contributed by atoms with Crippen molar-refractivity contribution >= 4 is 29.9 Å². The second-order valence-corrected chi connectivity index (χ2v) is 8.13. The fourth-order valence-electron chi connectivity index (χ4n) is 3.77. The van der Waals surface area contributed by atoms with Gasteiger partial charge in [0, 0.05) is 50.5 Å². The minimum Gasteiger partial charge on any atom is -0.383 e. The van der Waals surface area contributed by atoms with Gasteiger partial charge in [-0.3, -0.25) is 4.68 Å². The van der Waals surface area contributed by atoms with Crippen molar-refractivity contribution in [3.63, 3.8) is 0 Å². The van der Waals surface area contributed by atoms with Gasteiger partial charge in [-0.05, 0) is 44.4 Å². The molecule has 9 heteroatoms. The van der Waals surface area contributed by atoms with Crippen LogP contribution < -0.4 is 10.6 Å². The van der Waals surface area contributed by atoms with Gasteiger partial charge in [0.15, 0.2) is 5.96 Å². The predicted molar refractivity (Wildman–Crippen MR) is 130 cm³/mol. The molecule has 1 atom stereocenters. The molecule has 1 aromatic carbocycles. The Morgan fingerprint density at radius 2 is 2.10 bits per heavy atom. The number of nitrogens with zero attached hydrogens (tertiary/aromatic N) is 3. The lowest BCUT2D eigenvalue weighted by molar-refractivity contribution is 0.0512. The molecule has 1 aliphatic heterocycles. The summed E-state index contributed by atoms with van der Waals surface area (Å²) in [6.45, 7) is 6.47. The molecular weight excluding hydrogens is 512 g/mol. The lowest BCUT2D eigenvalue weighted by atomic mass is 9.74. The number of halogens is 2. The summed E-state index contributed by atoms with van der Waals surface area (Å²) < 4.78 is 21.1. The Bertz CT molecular complexity index is 865. The minimum absolute atomic E-state index is 0. The Labute approximate surface area is 200 Å². The number of hydrogen-bond acceptors (Lipinski definition) is 4. The molecule has 2 heterocycles. The highest BCUT2D eigenvalue weighted by Crippen LogP contribution is 2.34. The number of aliphatic imine (C=N–C) groups is 1. The number of aryl methyl sites for hydroxylation is 1. The first-order valence-electron chi connectivity index (χ1n) is 10.4. The van der Waals surface area contributed by atoms with Crippen molar-refractivity contribution in [2.75, 3.05) is 32.8 Å². The number of guanidine groups is 1. The highest BCUT2D eigenvalue weighted by Gasteiger charge is 2.35. The maximum Gasteiger partial charge on any atom is 0.191 e. The lowest BCUT2D eigenvalue weighted by Crippen LogP contribution is -2.48. The van der Waals surface area contributed by atoms with Crippen LogP contribution in [-0.4, -0.2) is 53.7 Å². The summed E-state index contributed by atoms with van der Waals surface area (Å²) in [5.74, 6) is 0.385. The standard InChI is InChI=1S/C22H32FN5O2.HI/c1-4-24-20(25-15-21(2,29)18-13-27-28(3)14-18)26-16-22(8-10-30-11-9-22)17-6-5-7-19(23)12-17;/h5-7,12-14,29H,4,8-11,15-16H2,1-3H3,(H2,24,25,26);1H. The zero-order valence-corrected chi connectivity index (χ0v) is 20.7. The molecule has 1 saturated heterocycles. The minimum atomic E-state index is -1.13. The quantitative estimate of drug-likeness (QED) is 0.283. The molecule has 1 unspecified atom stereocenters. The fraction of sp³-hybridized carbons (Fsp3) is 0.545. The molecule has 1 fully saturated rings. The van der Waals surface area contributed by atoms with Crippen LogP contribution in [-0.2, 0) is 22.8 Å². The zero-order valence-electron chi connectivity index (χ0n) is 18.4. The summed E-state index contributed by atoms with van der Waals surface area (Å²) in [6, 6.07) is 6.82. The molecule has 3 rings (SSSR count). The van der Waals surface area contributed by atoms with Crippen molar-refractivity contribution in [2.24, 2.45) is 12.0 Å². The third-order valence-electron chi connectivity index (χ3n) is 5.70. The van der Waals surface area contributed by atoms with Crippen molar-refractivity contribution in [1.82, 2.24) is 20.4 Å². The van der Waals surface area contributed by atoms with E-state index in [2.05, 4.69) is 20.7 Å². The molecule has 2 aromatic rings. The number of ether oxygens (including phenoxy) is 1. The fourth-order valence-corrected chi connectivity index (χ4v) is 3.77. The SMILES string of the molecule is CCNC(=NCC(C)(O)c1cnn(C)c1)NCC1(c2cccc(F)c2)CCOCC1.I. The van der Waals surface area contributed by atoms with Crippen LogP contribution in [0.3, 0.4) is 0 Å². The molecule has 31 heavy (non-hydrogen) atoms. The van der Waals surface area contributed by atoms with Crippen molar-refractivity contribution in [3.05, 3.63) is 53.6 Å². The van der Waals surface area contributed by atoms with Crippen molar-refractivity contribution in [2.45, 2.75) is 37.7 Å². The number of hydrogen-bond donors (Lipinski definition) is 3. The first-order chi connectivity index (χ1) is 14.3. The zero-order chi connectivity index (χ0) is 21.6. The van der Waals surface area contributed by atoms with Crippen LogP contribution in [0.4, 0.5) is 4.39 Å². The third-order valence-corrected chi connectivity index (χ3v) is 5.70. The number of aromatic nitrogens is 2. The highest BCUT2D eigenvalue weighted by atomic mass is 127. The first-order valence-corrected chi connectivity index (χ1v) is 10.4. The van der Waals surface area contributed by atoms with Crippen LogP contribution in [0.2, 0.25) is 0 Å². The largest absolute Gasteiger partial charge is 0.383 e. The smallest absolute Gasteiger partial charge is 0.191 e. The summed E-state index contributed by atoms with van der Waals surface area (Å²) >= 11 is 0. The molecule has 3 N–H and O–H groups in total. The van der Waals surface area contributed by atoms with E-state index in [-0.39, 0.29) is 41.8 Å². The molecule has 0 bridgehead atoms. The molecule has 1 aromatic heterocycles. The summed E-state index contributed by atoms with van der Waals surface area (Å²) in [6.07, 6.45) is 5.04. The summed E-state index contributed by atoms with van der Waals surface area (Å²) in [5.41, 5.74) is 0.319. The maximum absolute atomic E-state index is 13.9. The molecule has 7 nitrogen and oxygen atoms in total. The first kappa shape index (κ1) is 25.5. The van der Waals surface area contributed by atoms with E-state index in [1.54, 1.807) is 36.1 Å². The average Bonchev–Trinajstić information content (AvgIpc) is 3.18. The average molecular weight is 545 g/mol. The van der Waals surface area contributed by atoms with E-state index < -0.39 is 5.60 Å². The predicted octanol–water partition coefficient (Wildman–Crippen LogP) is 2.69. The molecule has 0 radical (unpaired) electrons. The van der Waals surface area contributed by atoms with Gasteiger partial charge < -0.3 is 20.5 Å². The van der Waals surface area contributed by atoms with Crippen molar-refractivity contribution in [3.8, 4) is 0 Å². The van der Waals surface area contributed by atoms with Crippen molar-refractivity contribution < 1.29 is 14.2 Å². The number of rotatable bonds is 7. The molecular formula is C22H33FIN5O2. The molecule has 1 aliphatic rings. The highest BCUT2D eigenvalue weighted by molar-refractivity contribution is 14.0. The van der Waals surface area contributed by atoms with E-state index in [0.717, 1.165) is 18.4 Å². The Balaban J connectivity index is 0.00000341. The van der Waals surface area contributed by atoms with E-state index in [9.17, 15) is 9.50 Å². The molecule has 0 saturated carbocycles. The van der Waals surface area contributed by atoms with Crippen LogP contribution in [0.5, 0.6) is 0 Å². The molecule has 172 valence electrons. The second-order valence-electron chi connectivity index (χ2n) is 8.13. The van der Waals surface area contributed by atoms with Gasteiger partial charge in [-0.25, -0.2) is 9.38 Å². The van der Waals surface area contributed by atoms with E-state index >= 15 is 0 Å². The van der Waals surface area contributed by atoms with Crippen molar-refractivity contribution in [1.29, 1.82) is 0 Å². The van der Waals surface area contributed by atoms with Gasteiger partial charge in [0.25, 0.3) is 0 Å². The number of benzene rings is 1. The van der Waals surface area contributed by atoms with Gasteiger partial charge in [-0.2, -0.15) is 5.10 Å². The Kier molecular flexibility index (Phi) is 9.26. The summed E-state index contributed by atoms with van der Waals surface area (Å²) in [7, 11) is 1.81. The number of nitrogens with one attached hydrogen (secondary N) is 2. The van der Waals surface area contributed by atoms with Crippen LogP contribution in [0, 0.1) is 5.82 Å². The maximum atomic E-state index is 13.9. The Morgan fingerprint density at radius 1 is 1.35 bits per heavy atom. The summed E-state index contributed by atoms with van der Waals surface area (Å²) in [4.78, 5) is 4.60. The van der Waals surface area contributed by atoms with E-state index in [4.69, 9.17) is 4.74 Å². The lowest BCUT2D eigenvalue weighted by Gasteiger charge is -2.38. The van der Waals surface area contributed by atoms with Crippen LogP contribution >= 0.6 is 24.0 Å². The van der Waals surface area contributed by atoms with Crippen LogP contribution in [0.25, 0.3) is 0 Å². The summed E-state index contributed by atoms with van der Waals surface area (Å²) in [5, 5.41) is 21.6. The molecule has 0 spiro atoms. The molecule has 0 amide bonds. The van der Waals surface area contributed by atoms with E-state index in [1.165, 1.54) is 6.07 Å². The van der Waals surface area contributed by atoms with E-state index in [1.807, 2.05) is 20.0 Å². The normalized spacial score (nSPS) is 18.0. The third kappa shape index (κ3) is 6.63. The monoisotopic (exact) mass is 545 g/mol. The van der Waals surface area contributed by atoms with Gasteiger partial charge in [0.2, 0.25) is 0 Å². The van der Waals surface area contributed by atoms with Crippen LogP contribution in [0.1, 0.15) is 37.8 Å². The number of aliphatic hydroxyl groups is 1. The Morgan fingerprint density at radius 3 is 2.71 bits per heavy atom. The van der Waals surface area contributed by atoms with E-state index in [0.29, 0.717) is 37.8 Å². The molecule has 0 aliphatic carbocycles. The van der Waals surface area contributed by atoms with Crippen LogP contribution in [0.15, 0.2) is 41.7 Å².